The summed E-state index contributed by atoms with van der Waals surface area (Å²) >= 11 is 0. The third kappa shape index (κ3) is 7.58. The minimum absolute atomic E-state index is 0. The quantitative estimate of drug-likeness (QED) is 0.281. The number of carbonyl (C=O) groups excluding carboxylic acids is 1. The second kappa shape index (κ2) is 12.7. The van der Waals surface area contributed by atoms with E-state index < -0.39 is 10.0 Å². The van der Waals surface area contributed by atoms with Gasteiger partial charge in [-0.3, -0.25) is 9.79 Å². The van der Waals surface area contributed by atoms with Crippen molar-refractivity contribution in [1.82, 2.24) is 19.8 Å². The highest BCUT2D eigenvalue weighted by atomic mass is 127. The molecule has 10 heteroatoms. The topological polar surface area (TPSA) is 94.1 Å². The van der Waals surface area contributed by atoms with E-state index in [0.717, 1.165) is 42.9 Å². The molecule has 32 heavy (non-hydrogen) atoms. The van der Waals surface area contributed by atoms with E-state index in [4.69, 9.17) is 0 Å². The molecule has 3 rings (SSSR count). The predicted octanol–water partition coefficient (Wildman–Crippen LogP) is 2.30. The van der Waals surface area contributed by atoms with Crippen LogP contribution in [0.2, 0.25) is 0 Å². The zero-order valence-electron chi connectivity index (χ0n) is 19.0. The van der Waals surface area contributed by atoms with Crippen molar-refractivity contribution in [2.24, 2.45) is 4.99 Å². The van der Waals surface area contributed by atoms with Crippen molar-refractivity contribution in [2.75, 3.05) is 32.4 Å². The summed E-state index contributed by atoms with van der Waals surface area (Å²) < 4.78 is 26.1. The van der Waals surface area contributed by atoms with Gasteiger partial charge in [-0.1, -0.05) is 31.2 Å². The van der Waals surface area contributed by atoms with Crippen molar-refractivity contribution in [3.8, 4) is 0 Å². The molecule has 0 unspecified atom stereocenters. The number of carbonyl (C=O) groups is 1. The van der Waals surface area contributed by atoms with Crippen LogP contribution in [-0.4, -0.2) is 68.0 Å². The van der Waals surface area contributed by atoms with Gasteiger partial charge >= 0.3 is 0 Å². The van der Waals surface area contributed by atoms with Gasteiger partial charge < -0.3 is 15.5 Å². The summed E-state index contributed by atoms with van der Waals surface area (Å²) in [6, 6.07) is 8.47. The number of hydrogen-bond acceptors (Lipinski definition) is 4. The van der Waals surface area contributed by atoms with Crippen LogP contribution in [0, 0.1) is 0 Å². The highest BCUT2D eigenvalue weighted by Gasteiger charge is 2.27. The van der Waals surface area contributed by atoms with Crippen LogP contribution in [0.1, 0.15) is 50.2 Å². The number of sulfonamides is 1. The Morgan fingerprint density at radius 3 is 2.53 bits per heavy atom. The van der Waals surface area contributed by atoms with Gasteiger partial charge in [0.15, 0.2) is 5.96 Å². The monoisotopic (exact) mass is 577 g/mol. The van der Waals surface area contributed by atoms with Gasteiger partial charge in [-0.15, -0.1) is 24.0 Å². The first-order valence-electron chi connectivity index (χ1n) is 11.2. The lowest BCUT2D eigenvalue weighted by atomic mass is 10.1. The van der Waals surface area contributed by atoms with Crippen LogP contribution in [0.25, 0.3) is 0 Å². The number of guanidine groups is 1. The number of amides is 1. The summed E-state index contributed by atoms with van der Waals surface area (Å²) in [5.74, 6) is 1.18. The van der Waals surface area contributed by atoms with Crippen LogP contribution in [0.5, 0.6) is 0 Å². The molecule has 1 aromatic carbocycles. The molecule has 2 heterocycles. The fourth-order valence-electron chi connectivity index (χ4n) is 4.17. The first-order valence-corrected chi connectivity index (χ1v) is 12.8. The molecule has 8 nitrogen and oxygen atoms in total. The van der Waals surface area contributed by atoms with Crippen LogP contribution < -0.4 is 10.6 Å². The Bertz CT molecular complexity index is 885. The molecule has 1 amide bonds. The highest BCUT2D eigenvalue weighted by molar-refractivity contribution is 14.0. The van der Waals surface area contributed by atoms with Crippen LogP contribution in [-0.2, 0) is 27.9 Å². The summed E-state index contributed by atoms with van der Waals surface area (Å²) in [6.07, 6.45) is 3.79. The fourth-order valence-corrected chi connectivity index (χ4v) is 5.71. The Kier molecular flexibility index (Phi) is 10.7. The average molecular weight is 578 g/mol. The number of piperidine rings is 1. The lowest BCUT2D eigenvalue weighted by Gasteiger charge is -2.32. The summed E-state index contributed by atoms with van der Waals surface area (Å²) in [4.78, 5) is 18.1. The molecule has 2 fully saturated rings. The standard InChI is InChI=1S/C22H35N5O3S.HI/c1-3-14-31(29,30)27-12-9-20(10-13-27)25-22(23-2)24-16-18-6-4-7-19(15-18)17-26-11-5-8-21(26)28;/h4,6-7,15,20H,3,5,8-14,16-17H2,1-2H3,(H2,23,24,25);1H. The third-order valence-corrected chi connectivity index (χ3v) is 7.95. The molecule has 1 aromatic rings. The molecule has 2 N–H and O–H groups in total. The molecule has 2 aliphatic rings. The molecular weight excluding hydrogens is 541 g/mol. The predicted molar refractivity (Wildman–Crippen MR) is 139 cm³/mol. The van der Waals surface area contributed by atoms with Crippen LogP contribution in [0.3, 0.4) is 0 Å². The Balaban J connectivity index is 0.00000363. The fraction of sp³-hybridized carbons (Fsp3) is 0.636. The maximum Gasteiger partial charge on any atom is 0.222 e. The van der Waals surface area contributed by atoms with Crippen molar-refractivity contribution < 1.29 is 13.2 Å². The van der Waals surface area contributed by atoms with Gasteiger partial charge in [-0.05, 0) is 36.8 Å². The van der Waals surface area contributed by atoms with Gasteiger partial charge in [-0.2, -0.15) is 0 Å². The summed E-state index contributed by atoms with van der Waals surface area (Å²) in [6.45, 7) is 5.13. The van der Waals surface area contributed by atoms with E-state index in [1.165, 1.54) is 0 Å². The van der Waals surface area contributed by atoms with Gasteiger partial charge in [-0.25, -0.2) is 12.7 Å². The zero-order chi connectivity index (χ0) is 22.3. The first-order chi connectivity index (χ1) is 14.9. The number of likely N-dealkylation sites (tertiary alicyclic amines) is 1. The molecule has 0 aliphatic carbocycles. The van der Waals surface area contributed by atoms with Gasteiger partial charge in [0.2, 0.25) is 15.9 Å². The van der Waals surface area contributed by atoms with E-state index in [2.05, 4.69) is 33.8 Å². The average Bonchev–Trinajstić information content (AvgIpc) is 3.16. The van der Waals surface area contributed by atoms with Crippen molar-refractivity contribution >= 4 is 45.9 Å². The zero-order valence-corrected chi connectivity index (χ0v) is 22.2. The number of rotatable bonds is 8. The molecule has 0 saturated carbocycles. The molecule has 0 atom stereocenters. The second-order valence-corrected chi connectivity index (χ2v) is 10.4. The van der Waals surface area contributed by atoms with E-state index in [1.54, 1.807) is 11.4 Å². The van der Waals surface area contributed by atoms with E-state index in [9.17, 15) is 13.2 Å². The number of nitrogens with one attached hydrogen (secondary N) is 2. The van der Waals surface area contributed by atoms with E-state index >= 15 is 0 Å². The van der Waals surface area contributed by atoms with Crippen molar-refractivity contribution in [3.63, 3.8) is 0 Å². The number of benzene rings is 1. The minimum Gasteiger partial charge on any atom is -0.354 e. The van der Waals surface area contributed by atoms with Gasteiger partial charge in [0.1, 0.15) is 0 Å². The Morgan fingerprint density at radius 1 is 1.19 bits per heavy atom. The molecule has 0 bridgehead atoms. The molecule has 0 radical (unpaired) electrons. The van der Waals surface area contributed by atoms with E-state index in [0.29, 0.717) is 39.0 Å². The van der Waals surface area contributed by atoms with Gasteiger partial charge in [0.25, 0.3) is 0 Å². The molecule has 180 valence electrons. The first kappa shape index (κ1) is 26.8. The normalized spacial score (nSPS) is 18.5. The van der Waals surface area contributed by atoms with Crippen molar-refractivity contribution in [1.29, 1.82) is 0 Å². The van der Waals surface area contributed by atoms with Crippen molar-refractivity contribution in [3.05, 3.63) is 35.4 Å². The Labute approximate surface area is 209 Å². The Morgan fingerprint density at radius 2 is 1.91 bits per heavy atom. The molecule has 2 saturated heterocycles. The number of hydrogen-bond donors (Lipinski definition) is 2. The molecule has 0 spiro atoms. The number of halogens is 1. The Hall–Kier alpha value is -1.40. The lowest BCUT2D eigenvalue weighted by Crippen LogP contribution is -2.49. The number of nitrogens with zero attached hydrogens (tertiary/aromatic N) is 3. The van der Waals surface area contributed by atoms with Crippen LogP contribution in [0.15, 0.2) is 29.3 Å². The van der Waals surface area contributed by atoms with E-state index in [-0.39, 0.29) is 41.7 Å². The summed E-state index contributed by atoms with van der Waals surface area (Å²) in [7, 11) is -1.38. The smallest absolute Gasteiger partial charge is 0.222 e. The largest absolute Gasteiger partial charge is 0.354 e. The maximum absolute atomic E-state index is 12.2. The van der Waals surface area contributed by atoms with Gasteiger partial charge in [0.05, 0.1) is 5.75 Å². The van der Waals surface area contributed by atoms with Crippen LogP contribution in [0.4, 0.5) is 0 Å². The number of aliphatic imine (C=N–C) groups is 1. The third-order valence-electron chi connectivity index (χ3n) is 5.87. The maximum atomic E-state index is 12.2. The van der Waals surface area contributed by atoms with Crippen molar-refractivity contribution in [2.45, 2.75) is 58.2 Å². The molecule has 0 aromatic heterocycles. The minimum atomic E-state index is -3.12. The SMILES string of the molecule is CCCS(=O)(=O)N1CCC(NC(=NC)NCc2cccc(CN3CCCC3=O)c2)CC1.I. The summed E-state index contributed by atoms with van der Waals surface area (Å²) in [5, 5.41) is 6.77. The lowest BCUT2D eigenvalue weighted by molar-refractivity contribution is -0.128. The second-order valence-electron chi connectivity index (χ2n) is 8.30. The van der Waals surface area contributed by atoms with Gasteiger partial charge in [0, 0.05) is 52.2 Å². The molecule has 2 aliphatic heterocycles. The summed E-state index contributed by atoms with van der Waals surface area (Å²) in [5.41, 5.74) is 2.27. The molecular formula is C22H36IN5O3S. The highest BCUT2D eigenvalue weighted by Crippen LogP contribution is 2.16. The van der Waals surface area contributed by atoms with E-state index in [1.807, 2.05) is 17.9 Å². The van der Waals surface area contributed by atoms with Crippen LogP contribution >= 0.6 is 24.0 Å².